The van der Waals surface area contributed by atoms with Crippen LogP contribution in [-0.4, -0.2) is 25.7 Å². The zero-order valence-corrected chi connectivity index (χ0v) is 19.2. The molecule has 9 heteroatoms. The van der Waals surface area contributed by atoms with Gasteiger partial charge < -0.3 is 0 Å². The van der Waals surface area contributed by atoms with Crippen LogP contribution < -0.4 is 10.9 Å². The second kappa shape index (κ2) is 9.07. The predicted molar refractivity (Wildman–Crippen MR) is 126 cm³/mol. The Kier molecular flexibility index (Phi) is 6.24. The van der Waals surface area contributed by atoms with Crippen LogP contribution in [-0.2, 0) is 11.2 Å². The first-order chi connectivity index (χ1) is 15.0. The molecule has 1 N–H and O–H groups in total. The Labute approximate surface area is 187 Å². The molecule has 3 heterocycles. The lowest BCUT2D eigenvalue weighted by molar-refractivity contribution is -0.119. The average Bonchev–Trinajstić information content (AvgIpc) is 3.38. The number of benzene rings is 1. The monoisotopic (exact) mass is 453 g/mol. The van der Waals surface area contributed by atoms with E-state index in [9.17, 15) is 9.59 Å². The van der Waals surface area contributed by atoms with Crippen LogP contribution in [0.15, 0.2) is 47.5 Å². The first kappa shape index (κ1) is 21.3. The Hall–Kier alpha value is -2.91. The van der Waals surface area contributed by atoms with Crippen molar-refractivity contribution in [2.45, 2.75) is 39.7 Å². The van der Waals surface area contributed by atoms with Gasteiger partial charge in [-0.05, 0) is 24.0 Å². The van der Waals surface area contributed by atoms with E-state index in [1.54, 1.807) is 0 Å². The Morgan fingerprint density at radius 2 is 1.94 bits per heavy atom. The van der Waals surface area contributed by atoms with E-state index in [0.717, 1.165) is 21.9 Å². The van der Waals surface area contributed by atoms with Gasteiger partial charge in [-0.25, -0.2) is 4.98 Å². The molecule has 0 fully saturated rings. The number of thiophene rings is 1. The molecule has 0 radical (unpaired) electrons. The van der Waals surface area contributed by atoms with Crippen LogP contribution in [0.1, 0.15) is 38.2 Å². The highest BCUT2D eigenvalue weighted by molar-refractivity contribution is 7.21. The third kappa shape index (κ3) is 4.57. The molecule has 0 spiro atoms. The molecule has 1 amide bonds. The standard InChI is InChI=1S/C22H23N5O2S2/c1-4-16(19(28)24-22-26-25-18(31-22)10-13(2)3)27-12-23-20-15(21(27)29)11-17(30-20)14-8-6-5-7-9-14/h5-9,11-13,16H,4,10H2,1-3H3,(H,24,26,28). The van der Waals surface area contributed by atoms with E-state index in [-0.39, 0.29) is 11.5 Å². The Morgan fingerprint density at radius 3 is 2.65 bits per heavy atom. The molecule has 4 aromatic rings. The summed E-state index contributed by atoms with van der Waals surface area (Å²) >= 11 is 2.83. The van der Waals surface area contributed by atoms with Crippen molar-refractivity contribution in [2.24, 2.45) is 5.92 Å². The van der Waals surface area contributed by atoms with Crippen LogP contribution in [0.3, 0.4) is 0 Å². The molecule has 160 valence electrons. The Morgan fingerprint density at radius 1 is 1.16 bits per heavy atom. The fraction of sp³-hybridized carbons (Fsp3) is 0.318. The smallest absolute Gasteiger partial charge is 0.262 e. The summed E-state index contributed by atoms with van der Waals surface area (Å²) in [6.07, 6.45) is 2.73. The number of anilines is 1. The number of carbonyl (C=O) groups is 1. The fourth-order valence-corrected chi connectivity index (χ4v) is 5.29. The highest BCUT2D eigenvalue weighted by Crippen LogP contribution is 2.31. The van der Waals surface area contributed by atoms with Crippen LogP contribution in [0.2, 0.25) is 0 Å². The number of hydrogen-bond donors (Lipinski definition) is 1. The summed E-state index contributed by atoms with van der Waals surface area (Å²) in [6.45, 7) is 6.08. The minimum absolute atomic E-state index is 0.219. The summed E-state index contributed by atoms with van der Waals surface area (Å²) in [5, 5.41) is 12.9. The third-order valence-electron chi connectivity index (χ3n) is 4.84. The van der Waals surface area contributed by atoms with E-state index in [1.807, 2.05) is 43.3 Å². The number of nitrogens with one attached hydrogen (secondary N) is 1. The number of hydrogen-bond acceptors (Lipinski definition) is 7. The molecule has 0 bridgehead atoms. The number of nitrogens with zero attached hydrogens (tertiary/aromatic N) is 4. The van der Waals surface area contributed by atoms with Crippen LogP contribution in [0.4, 0.5) is 5.13 Å². The van der Waals surface area contributed by atoms with Gasteiger partial charge in [0.2, 0.25) is 11.0 Å². The Bertz CT molecular complexity index is 1260. The SMILES string of the molecule is CCC(C(=O)Nc1nnc(CC(C)C)s1)n1cnc2sc(-c3ccccc3)cc2c1=O. The normalized spacial score (nSPS) is 12.4. The van der Waals surface area contributed by atoms with Crippen molar-refractivity contribution >= 4 is 43.9 Å². The molecular weight excluding hydrogens is 430 g/mol. The van der Waals surface area contributed by atoms with Crippen molar-refractivity contribution < 1.29 is 4.79 Å². The molecule has 1 atom stereocenters. The van der Waals surface area contributed by atoms with E-state index in [0.29, 0.717) is 27.7 Å². The van der Waals surface area contributed by atoms with Crippen molar-refractivity contribution in [3.8, 4) is 10.4 Å². The maximum atomic E-state index is 13.2. The maximum absolute atomic E-state index is 13.2. The number of aromatic nitrogens is 4. The van der Waals surface area contributed by atoms with Gasteiger partial charge in [0.05, 0.1) is 11.7 Å². The zero-order chi connectivity index (χ0) is 22.0. The number of carbonyl (C=O) groups excluding carboxylic acids is 1. The quantitative estimate of drug-likeness (QED) is 0.436. The molecular formula is C22H23N5O2S2. The van der Waals surface area contributed by atoms with Gasteiger partial charge in [0.15, 0.2) is 0 Å². The molecule has 0 aliphatic heterocycles. The Balaban J connectivity index is 1.61. The molecule has 1 aromatic carbocycles. The minimum Gasteiger partial charge on any atom is -0.299 e. The molecule has 0 saturated carbocycles. The van der Waals surface area contributed by atoms with Crippen molar-refractivity contribution in [3.63, 3.8) is 0 Å². The van der Waals surface area contributed by atoms with Gasteiger partial charge in [-0.3, -0.25) is 19.5 Å². The first-order valence-corrected chi connectivity index (χ1v) is 11.8. The van der Waals surface area contributed by atoms with Crippen molar-refractivity contribution in [3.05, 3.63) is 58.1 Å². The summed E-state index contributed by atoms with van der Waals surface area (Å²) in [5.74, 6) is 0.166. The zero-order valence-electron chi connectivity index (χ0n) is 17.5. The molecule has 1 unspecified atom stereocenters. The predicted octanol–water partition coefficient (Wildman–Crippen LogP) is 4.76. The largest absolute Gasteiger partial charge is 0.299 e. The molecule has 0 aliphatic carbocycles. The summed E-state index contributed by atoms with van der Waals surface area (Å²) in [5.41, 5.74) is 0.817. The van der Waals surface area contributed by atoms with E-state index < -0.39 is 6.04 Å². The highest BCUT2D eigenvalue weighted by atomic mass is 32.1. The highest BCUT2D eigenvalue weighted by Gasteiger charge is 2.23. The van der Waals surface area contributed by atoms with Crippen LogP contribution in [0.25, 0.3) is 20.7 Å². The second-order valence-electron chi connectivity index (χ2n) is 7.66. The van der Waals surface area contributed by atoms with Gasteiger partial charge in [-0.1, -0.05) is 62.4 Å². The summed E-state index contributed by atoms with van der Waals surface area (Å²) < 4.78 is 1.41. The van der Waals surface area contributed by atoms with E-state index in [4.69, 9.17) is 0 Å². The second-order valence-corrected chi connectivity index (χ2v) is 9.76. The molecule has 4 rings (SSSR count). The first-order valence-electron chi connectivity index (χ1n) is 10.2. The average molecular weight is 454 g/mol. The van der Waals surface area contributed by atoms with Gasteiger partial charge in [0.25, 0.3) is 5.56 Å². The van der Waals surface area contributed by atoms with Crippen LogP contribution in [0.5, 0.6) is 0 Å². The van der Waals surface area contributed by atoms with E-state index in [1.165, 1.54) is 33.6 Å². The van der Waals surface area contributed by atoms with Gasteiger partial charge in [0.1, 0.15) is 15.9 Å². The van der Waals surface area contributed by atoms with Crippen LogP contribution >= 0.6 is 22.7 Å². The summed E-state index contributed by atoms with van der Waals surface area (Å²) in [6, 6.07) is 11.1. The van der Waals surface area contributed by atoms with E-state index in [2.05, 4.69) is 34.3 Å². The van der Waals surface area contributed by atoms with Crippen molar-refractivity contribution in [1.29, 1.82) is 0 Å². The van der Waals surface area contributed by atoms with Gasteiger partial charge in [0, 0.05) is 11.3 Å². The molecule has 7 nitrogen and oxygen atoms in total. The molecule has 0 aliphatic rings. The third-order valence-corrected chi connectivity index (χ3v) is 6.79. The van der Waals surface area contributed by atoms with E-state index >= 15 is 0 Å². The summed E-state index contributed by atoms with van der Waals surface area (Å²) in [7, 11) is 0. The number of rotatable bonds is 7. The fourth-order valence-electron chi connectivity index (χ4n) is 3.34. The van der Waals surface area contributed by atoms with Crippen LogP contribution in [0, 0.1) is 5.92 Å². The van der Waals surface area contributed by atoms with Crippen molar-refractivity contribution in [1.82, 2.24) is 19.7 Å². The molecule has 3 aromatic heterocycles. The molecule has 0 saturated heterocycles. The lowest BCUT2D eigenvalue weighted by Crippen LogP contribution is -2.33. The topological polar surface area (TPSA) is 89.8 Å². The maximum Gasteiger partial charge on any atom is 0.262 e. The van der Waals surface area contributed by atoms with Gasteiger partial charge in [-0.2, -0.15) is 0 Å². The number of fused-ring (bicyclic) bond motifs is 1. The molecule has 31 heavy (non-hydrogen) atoms. The lowest BCUT2D eigenvalue weighted by atomic mass is 10.1. The summed E-state index contributed by atoms with van der Waals surface area (Å²) in [4.78, 5) is 32.2. The lowest BCUT2D eigenvalue weighted by Gasteiger charge is -2.16. The van der Waals surface area contributed by atoms with Gasteiger partial charge >= 0.3 is 0 Å². The van der Waals surface area contributed by atoms with Gasteiger partial charge in [-0.15, -0.1) is 21.5 Å². The van der Waals surface area contributed by atoms with Crippen molar-refractivity contribution in [2.75, 3.05) is 5.32 Å². The number of amides is 1. The minimum atomic E-state index is -0.679.